The Morgan fingerprint density at radius 2 is 1.87 bits per heavy atom. The fourth-order valence-electron chi connectivity index (χ4n) is 2.56. The van der Waals surface area contributed by atoms with E-state index in [-0.39, 0.29) is 21.7 Å². The number of thioether (sulfide) groups is 1. The molecule has 0 bridgehead atoms. The Morgan fingerprint density at radius 1 is 1.17 bits per heavy atom. The van der Waals surface area contributed by atoms with E-state index in [1.807, 2.05) is 32.0 Å². The first-order valence-electron chi connectivity index (χ1n) is 8.77. The number of nitrogens with zero attached hydrogens (tertiary/aromatic N) is 1. The van der Waals surface area contributed by atoms with E-state index in [0.29, 0.717) is 10.7 Å². The van der Waals surface area contributed by atoms with Gasteiger partial charge in [-0.05, 0) is 55.3 Å². The van der Waals surface area contributed by atoms with Gasteiger partial charge in [0.15, 0.2) is 10.1 Å². The Kier molecular flexibility index (Phi) is 6.64. The molecule has 1 amide bonds. The van der Waals surface area contributed by atoms with Crippen LogP contribution in [0.25, 0.3) is 0 Å². The quantitative estimate of drug-likeness (QED) is 0.427. The number of rotatable bonds is 6. The number of aromatic nitrogens is 2. The number of hydrogen-bond acceptors (Lipinski definition) is 6. The van der Waals surface area contributed by atoms with Crippen molar-refractivity contribution in [3.05, 3.63) is 75.2 Å². The third-order valence-electron chi connectivity index (χ3n) is 4.16. The van der Waals surface area contributed by atoms with E-state index >= 15 is 0 Å². The minimum atomic E-state index is -4.04. The van der Waals surface area contributed by atoms with Crippen molar-refractivity contribution < 1.29 is 13.2 Å². The van der Waals surface area contributed by atoms with E-state index in [1.165, 1.54) is 24.3 Å². The Balaban J connectivity index is 1.71. The molecule has 1 heterocycles. The maximum Gasteiger partial charge on any atom is 0.270 e. The Hall–Kier alpha value is -2.62. The first kappa shape index (κ1) is 22.1. The van der Waals surface area contributed by atoms with E-state index in [1.54, 1.807) is 0 Å². The monoisotopic (exact) mass is 463 g/mol. The molecule has 0 aliphatic heterocycles. The Labute approximate surface area is 182 Å². The summed E-state index contributed by atoms with van der Waals surface area (Å²) < 4.78 is 25.3. The van der Waals surface area contributed by atoms with Crippen molar-refractivity contribution in [1.82, 2.24) is 9.97 Å². The molecule has 156 valence electrons. The second-order valence-electron chi connectivity index (χ2n) is 6.49. The number of carbonyl (C=O) groups is 1. The standard InChI is InChI=1S/C20H18ClN3O4S2/c1-12-3-4-13(2)16(9-12)23-18(25)11-29-20-22-10-17(19(26)24-20)30(27,28)15-7-5-14(21)6-8-15/h3-10H,11H2,1-2H3,(H,23,25)(H,22,24,26). The predicted octanol–water partition coefficient (Wildman–Crippen LogP) is 3.60. The Morgan fingerprint density at radius 3 is 2.53 bits per heavy atom. The zero-order valence-corrected chi connectivity index (χ0v) is 18.5. The van der Waals surface area contributed by atoms with Crippen LogP contribution in [0.4, 0.5) is 5.69 Å². The van der Waals surface area contributed by atoms with Crippen LogP contribution in [-0.4, -0.2) is 30.0 Å². The molecule has 0 aliphatic rings. The largest absolute Gasteiger partial charge is 0.325 e. The molecule has 30 heavy (non-hydrogen) atoms. The van der Waals surface area contributed by atoms with E-state index < -0.39 is 20.3 Å². The SMILES string of the molecule is Cc1ccc(C)c(NC(=O)CSc2ncc(S(=O)(=O)c3ccc(Cl)cc3)c(=O)[nH]2)c1. The molecule has 0 saturated heterocycles. The molecule has 1 aromatic heterocycles. The molecule has 3 aromatic rings. The van der Waals surface area contributed by atoms with Crippen molar-refractivity contribution in [2.24, 2.45) is 0 Å². The van der Waals surface area contributed by atoms with E-state index in [2.05, 4.69) is 15.3 Å². The zero-order valence-electron chi connectivity index (χ0n) is 16.1. The van der Waals surface area contributed by atoms with Crippen LogP contribution in [0.15, 0.2) is 68.4 Å². The van der Waals surface area contributed by atoms with Gasteiger partial charge in [-0.1, -0.05) is 35.5 Å². The molecule has 0 radical (unpaired) electrons. The number of sulfone groups is 1. The molecular weight excluding hydrogens is 446 g/mol. The number of amides is 1. The molecule has 7 nitrogen and oxygen atoms in total. The van der Waals surface area contributed by atoms with Crippen LogP contribution >= 0.6 is 23.4 Å². The summed E-state index contributed by atoms with van der Waals surface area (Å²) in [6.07, 6.45) is 0.994. The molecule has 3 rings (SSSR count). The van der Waals surface area contributed by atoms with Crippen molar-refractivity contribution in [2.75, 3.05) is 11.1 Å². The van der Waals surface area contributed by atoms with E-state index in [0.717, 1.165) is 29.1 Å². The molecule has 0 unspecified atom stereocenters. The fraction of sp³-hybridized carbons (Fsp3) is 0.150. The molecule has 0 spiro atoms. The molecule has 0 saturated carbocycles. The van der Waals surface area contributed by atoms with Crippen molar-refractivity contribution in [2.45, 2.75) is 28.8 Å². The summed E-state index contributed by atoms with van der Waals surface area (Å²) >= 11 is 6.78. The lowest BCUT2D eigenvalue weighted by atomic mass is 10.1. The molecule has 2 N–H and O–H groups in total. The summed E-state index contributed by atoms with van der Waals surface area (Å²) in [5.74, 6) is -0.270. The summed E-state index contributed by atoms with van der Waals surface area (Å²) in [5.41, 5.74) is 1.86. The van der Waals surface area contributed by atoms with Gasteiger partial charge in [0.1, 0.15) is 0 Å². The summed E-state index contributed by atoms with van der Waals surface area (Å²) in [7, 11) is -4.04. The highest BCUT2D eigenvalue weighted by Gasteiger charge is 2.22. The molecule has 0 aliphatic carbocycles. The van der Waals surface area contributed by atoms with Crippen molar-refractivity contribution >= 4 is 44.8 Å². The fourth-order valence-corrected chi connectivity index (χ4v) is 4.56. The third kappa shape index (κ3) is 5.10. The number of aromatic amines is 1. The summed E-state index contributed by atoms with van der Waals surface area (Å²) in [6, 6.07) is 11.2. The highest BCUT2D eigenvalue weighted by atomic mass is 35.5. The number of carbonyl (C=O) groups excluding carboxylic acids is 1. The molecule has 0 fully saturated rings. The first-order chi connectivity index (χ1) is 14.2. The van der Waals surface area contributed by atoms with Crippen LogP contribution in [0.2, 0.25) is 5.02 Å². The molecule has 10 heteroatoms. The molecule has 0 atom stereocenters. The number of anilines is 1. The summed E-state index contributed by atoms with van der Waals surface area (Å²) in [6.45, 7) is 3.82. The maximum atomic E-state index is 12.6. The summed E-state index contributed by atoms with van der Waals surface area (Å²) in [4.78, 5) is 30.4. The minimum Gasteiger partial charge on any atom is -0.325 e. The number of halogens is 1. The number of aryl methyl sites for hydroxylation is 2. The van der Waals surface area contributed by atoms with E-state index in [9.17, 15) is 18.0 Å². The van der Waals surface area contributed by atoms with Gasteiger partial charge >= 0.3 is 0 Å². The summed E-state index contributed by atoms with van der Waals surface area (Å²) in [5, 5.41) is 3.34. The lowest BCUT2D eigenvalue weighted by Crippen LogP contribution is -2.20. The normalized spacial score (nSPS) is 11.3. The minimum absolute atomic E-state index is 0.000394. The number of hydrogen-bond donors (Lipinski definition) is 2. The van der Waals surface area contributed by atoms with E-state index in [4.69, 9.17) is 11.6 Å². The van der Waals surface area contributed by atoms with Crippen molar-refractivity contribution in [1.29, 1.82) is 0 Å². The van der Waals surface area contributed by atoms with Gasteiger partial charge in [0.05, 0.1) is 16.8 Å². The second kappa shape index (κ2) is 9.03. The average Bonchev–Trinajstić information content (AvgIpc) is 2.69. The lowest BCUT2D eigenvalue weighted by Gasteiger charge is -2.09. The van der Waals surface area contributed by atoms with Crippen LogP contribution < -0.4 is 10.9 Å². The lowest BCUT2D eigenvalue weighted by molar-refractivity contribution is -0.113. The van der Waals surface area contributed by atoms with Crippen molar-refractivity contribution in [3.8, 4) is 0 Å². The first-order valence-corrected chi connectivity index (χ1v) is 11.6. The highest BCUT2D eigenvalue weighted by molar-refractivity contribution is 7.99. The van der Waals surface area contributed by atoms with Gasteiger partial charge in [-0.15, -0.1) is 0 Å². The van der Waals surface area contributed by atoms with Crippen LogP contribution in [0.3, 0.4) is 0 Å². The van der Waals surface area contributed by atoms with Crippen molar-refractivity contribution in [3.63, 3.8) is 0 Å². The number of H-pyrrole nitrogens is 1. The van der Waals surface area contributed by atoms with Gasteiger partial charge in [0.2, 0.25) is 15.7 Å². The number of nitrogens with one attached hydrogen (secondary N) is 2. The van der Waals surface area contributed by atoms with Crippen LogP contribution in [0, 0.1) is 13.8 Å². The van der Waals surface area contributed by atoms with Gasteiger partial charge in [-0.25, -0.2) is 13.4 Å². The van der Waals surface area contributed by atoms with Crippen LogP contribution in [-0.2, 0) is 14.6 Å². The average molecular weight is 464 g/mol. The molecule has 2 aromatic carbocycles. The maximum absolute atomic E-state index is 12.6. The highest BCUT2D eigenvalue weighted by Crippen LogP contribution is 2.21. The van der Waals surface area contributed by atoms with Crippen LogP contribution in [0.1, 0.15) is 11.1 Å². The van der Waals surface area contributed by atoms with Gasteiger partial charge in [0.25, 0.3) is 5.56 Å². The third-order valence-corrected chi connectivity index (χ3v) is 7.07. The van der Waals surface area contributed by atoms with Gasteiger partial charge in [-0.2, -0.15) is 0 Å². The predicted molar refractivity (Wildman–Crippen MR) is 117 cm³/mol. The van der Waals surface area contributed by atoms with Gasteiger partial charge < -0.3 is 10.3 Å². The topological polar surface area (TPSA) is 109 Å². The zero-order chi connectivity index (χ0) is 21.9. The second-order valence-corrected chi connectivity index (χ2v) is 9.81. The smallest absolute Gasteiger partial charge is 0.270 e. The van der Waals surface area contributed by atoms with Gasteiger partial charge in [0, 0.05) is 10.7 Å². The van der Waals surface area contributed by atoms with Crippen LogP contribution in [0.5, 0.6) is 0 Å². The van der Waals surface area contributed by atoms with Gasteiger partial charge in [-0.3, -0.25) is 9.59 Å². The number of benzene rings is 2. The molecular formula is C20H18ClN3O4S2. The Bertz CT molecular complexity index is 1260.